The third kappa shape index (κ3) is 7.09. The summed E-state index contributed by atoms with van der Waals surface area (Å²) in [5.74, 6) is -11.6. The molecule has 0 aromatic heterocycles. The van der Waals surface area contributed by atoms with Crippen LogP contribution in [0.25, 0.3) is 0 Å². The van der Waals surface area contributed by atoms with E-state index in [0.29, 0.717) is 11.3 Å². The number of anilines is 1. The van der Waals surface area contributed by atoms with E-state index in [9.17, 15) is 53.2 Å². The number of Topliss-reactive ketones (excluding diaryl/α,β-unsaturated/α-hetero) is 2. The Morgan fingerprint density at radius 2 is 1.64 bits per heavy atom. The van der Waals surface area contributed by atoms with E-state index < -0.39 is 105 Å². The van der Waals surface area contributed by atoms with Crippen molar-refractivity contribution in [1.29, 1.82) is 0 Å². The molecule has 17 heteroatoms. The van der Waals surface area contributed by atoms with Gasteiger partial charge in [0.05, 0.1) is 18.2 Å². The third-order valence-electron chi connectivity index (χ3n) is 10.1. The van der Waals surface area contributed by atoms with Crippen LogP contribution < -0.4 is 10.6 Å². The predicted molar refractivity (Wildman–Crippen MR) is 191 cm³/mol. The number of rotatable bonds is 9. The number of nitrogens with two attached hydrogens (primary N) is 1. The number of phenolic OH excluding ortho intramolecular Hbond substituents is 1. The molecule has 296 valence electrons. The number of primary amides is 1. The van der Waals surface area contributed by atoms with Crippen LogP contribution in [0.15, 0.2) is 46.9 Å². The van der Waals surface area contributed by atoms with Crippen LogP contribution in [-0.2, 0) is 32.0 Å². The Morgan fingerprint density at radius 1 is 1.02 bits per heavy atom. The highest BCUT2D eigenvalue weighted by molar-refractivity contribution is 6.25. The van der Waals surface area contributed by atoms with Gasteiger partial charge in [0.2, 0.25) is 12.6 Å². The number of nitrogens with zero attached hydrogens (tertiary/aromatic N) is 3. The minimum atomic E-state index is -2.82. The maximum Gasteiger partial charge on any atom is 0.412 e. The van der Waals surface area contributed by atoms with Crippen molar-refractivity contribution >= 4 is 35.2 Å². The number of benzene rings is 2. The molecular formula is C38H44F2N4O11. The lowest BCUT2D eigenvalue weighted by molar-refractivity contribution is -0.148. The maximum atomic E-state index is 14.5. The standard InChI is InChI=1S/C38H44F2N4O11/c1-37(2,3)15-44(36(52)55-16-54-35(51)26-21(39)9-8-10-22(26)40)14-18-13-23(42(4)5)19-11-17-12-20-28(43(6)7)31(47)27(34(41)50)33(49)38(20,53)32(48)24(17)30(46)25(19)29(18)45/h8-10,13,17,20,28,45,47-48,53H,11-12,14-16H2,1-7H3,(H2,41,50)/t17-,20-,28-,38-/m0/s1. The van der Waals surface area contributed by atoms with Gasteiger partial charge in [-0.25, -0.2) is 18.4 Å². The molecule has 6 N–H and O–H groups in total. The first-order chi connectivity index (χ1) is 25.5. The summed E-state index contributed by atoms with van der Waals surface area (Å²) in [4.78, 5) is 70.5. The lowest BCUT2D eigenvalue weighted by Gasteiger charge is -2.50. The number of esters is 1. The summed E-state index contributed by atoms with van der Waals surface area (Å²) in [7, 11) is 6.45. The Morgan fingerprint density at radius 3 is 2.18 bits per heavy atom. The second-order valence-corrected chi connectivity index (χ2v) is 15.6. The predicted octanol–water partition coefficient (Wildman–Crippen LogP) is 3.26. The van der Waals surface area contributed by atoms with Crippen molar-refractivity contribution in [3.8, 4) is 5.75 Å². The second kappa shape index (κ2) is 14.6. The fourth-order valence-corrected chi connectivity index (χ4v) is 7.83. The number of phenols is 1. The number of hydrogen-bond donors (Lipinski definition) is 5. The number of hydrogen-bond acceptors (Lipinski definition) is 13. The molecule has 3 aliphatic carbocycles. The minimum Gasteiger partial charge on any atom is -0.510 e. The van der Waals surface area contributed by atoms with E-state index in [4.69, 9.17) is 15.2 Å². The number of carbonyl (C=O) groups excluding carboxylic acids is 5. The Bertz CT molecular complexity index is 2040. The zero-order valence-corrected chi connectivity index (χ0v) is 31.4. The molecule has 15 nitrogen and oxygen atoms in total. The first-order valence-corrected chi connectivity index (χ1v) is 17.3. The van der Waals surface area contributed by atoms with Crippen molar-refractivity contribution in [2.45, 2.75) is 51.8 Å². The second-order valence-electron chi connectivity index (χ2n) is 15.6. The van der Waals surface area contributed by atoms with Crippen molar-refractivity contribution in [2.75, 3.05) is 46.4 Å². The van der Waals surface area contributed by atoms with E-state index >= 15 is 0 Å². The van der Waals surface area contributed by atoms with E-state index in [1.807, 2.05) is 0 Å². The van der Waals surface area contributed by atoms with Gasteiger partial charge in [0.1, 0.15) is 40.0 Å². The normalized spacial score (nSPS) is 22.2. The highest BCUT2D eigenvalue weighted by Crippen LogP contribution is 2.53. The topological polar surface area (TPSA) is 220 Å². The Labute approximate surface area is 315 Å². The Hall–Kier alpha value is -5.55. The summed E-state index contributed by atoms with van der Waals surface area (Å²) in [6, 6.07) is 3.20. The van der Waals surface area contributed by atoms with Crippen LogP contribution in [0.5, 0.6) is 5.75 Å². The van der Waals surface area contributed by atoms with Crippen molar-refractivity contribution in [3.63, 3.8) is 0 Å². The summed E-state index contributed by atoms with van der Waals surface area (Å²) in [5, 5.41) is 46.4. The fraction of sp³-hybridized carbons (Fsp3) is 0.447. The summed E-state index contributed by atoms with van der Waals surface area (Å²) >= 11 is 0. The molecule has 0 spiro atoms. The molecule has 0 unspecified atom stereocenters. The van der Waals surface area contributed by atoms with Crippen LogP contribution in [0.3, 0.4) is 0 Å². The summed E-state index contributed by atoms with van der Waals surface area (Å²) in [5.41, 5.74) is 0.416. The van der Waals surface area contributed by atoms with Crippen molar-refractivity contribution in [1.82, 2.24) is 9.80 Å². The average Bonchev–Trinajstić information content (AvgIpc) is 3.06. The van der Waals surface area contributed by atoms with E-state index in [0.717, 1.165) is 23.1 Å². The van der Waals surface area contributed by atoms with E-state index in [1.54, 1.807) is 45.8 Å². The Kier molecular flexibility index (Phi) is 10.8. The van der Waals surface area contributed by atoms with Crippen LogP contribution in [0.1, 0.15) is 59.0 Å². The Balaban J connectivity index is 1.52. The molecule has 0 heterocycles. The molecule has 0 aliphatic heterocycles. The van der Waals surface area contributed by atoms with Gasteiger partial charge in [-0.05, 0) is 62.0 Å². The van der Waals surface area contributed by atoms with Gasteiger partial charge in [-0.3, -0.25) is 19.3 Å². The number of ether oxygens (including phenoxy) is 2. The first kappa shape index (κ1) is 40.6. The molecule has 0 radical (unpaired) electrons. The first-order valence-electron chi connectivity index (χ1n) is 17.3. The third-order valence-corrected chi connectivity index (χ3v) is 10.1. The van der Waals surface area contributed by atoms with Gasteiger partial charge in [-0.1, -0.05) is 26.8 Å². The number of halogens is 2. The highest BCUT2D eigenvalue weighted by atomic mass is 19.1. The number of aliphatic hydroxyl groups excluding tert-OH is 2. The zero-order valence-electron chi connectivity index (χ0n) is 31.4. The van der Waals surface area contributed by atoms with Gasteiger partial charge in [0, 0.05) is 43.4 Å². The number of allylic oxidation sites excluding steroid dienone is 1. The SMILES string of the molecule is CN(C)c1cc(CN(CC(C)(C)C)C(=O)OCOC(=O)c2c(F)cccc2F)c(O)c2c1C[C@H]1C[C@H]3[C@H](N(C)C)C(O)=C(C(N)=O)C(=O)[C@@]3(O)C(O)=C1C2=O. The fourth-order valence-electron chi connectivity index (χ4n) is 7.83. The minimum absolute atomic E-state index is 0.00361. The molecule has 2 aromatic carbocycles. The van der Waals surface area contributed by atoms with Crippen molar-refractivity contribution in [2.24, 2.45) is 23.0 Å². The number of amides is 2. The molecule has 0 saturated heterocycles. The molecular weight excluding hydrogens is 726 g/mol. The van der Waals surface area contributed by atoms with Crippen LogP contribution in [0.4, 0.5) is 19.3 Å². The van der Waals surface area contributed by atoms with Gasteiger partial charge in [-0.2, -0.15) is 0 Å². The van der Waals surface area contributed by atoms with Crippen LogP contribution >= 0.6 is 0 Å². The largest absolute Gasteiger partial charge is 0.510 e. The zero-order chi connectivity index (χ0) is 41.1. The van der Waals surface area contributed by atoms with Gasteiger partial charge in [0.25, 0.3) is 5.91 Å². The molecule has 0 saturated carbocycles. The van der Waals surface area contributed by atoms with E-state index in [2.05, 4.69) is 0 Å². The van der Waals surface area contributed by atoms with E-state index in [1.165, 1.54) is 19.0 Å². The lowest BCUT2D eigenvalue weighted by atomic mass is 9.58. The van der Waals surface area contributed by atoms with Gasteiger partial charge in [-0.15, -0.1) is 0 Å². The molecule has 55 heavy (non-hydrogen) atoms. The number of likely N-dealkylation sites (N-methyl/N-ethyl adjacent to an activating group) is 1. The van der Waals surface area contributed by atoms with Crippen LogP contribution in [0.2, 0.25) is 0 Å². The highest BCUT2D eigenvalue weighted by Gasteiger charge is 2.63. The molecule has 0 bridgehead atoms. The van der Waals surface area contributed by atoms with Crippen molar-refractivity contribution < 1.29 is 62.7 Å². The quantitative estimate of drug-likeness (QED) is 0.141. The molecule has 2 amide bonds. The lowest BCUT2D eigenvalue weighted by Crippen LogP contribution is -2.63. The van der Waals surface area contributed by atoms with Gasteiger partial charge in [0.15, 0.2) is 11.4 Å². The number of aromatic hydroxyl groups is 1. The molecule has 4 atom stereocenters. The number of ketones is 2. The maximum absolute atomic E-state index is 14.5. The van der Waals surface area contributed by atoms with Crippen molar-refractivity contribution in [3.05, 3.63) is 80.8 Å². The summed E-state index contributed by atoms with van der Waals surface area (Å²) < 4.78 is 38.1. The number of carbonyl (C=O) groups is 5. The summed E-state index contributed by atoms with van der Waals surface area (Å²) in [6.45, 7) is 4.03. The molecule has 2 aromatic rings. The summed E-state index contributed by atoms with van der Waals surface area (Å²) in [6.07, 6.45) is -1.10. The van der Waals surface area contributed by atoms with Crippen LogP contribution in [-0.4, -0.2) is 113 Å². The monoisotopic (exact) mass is 770 g/mol. The number of aliphatic hydroxyl groups is 3. The average molecular weight is 771 g/mol. The van der Waals surface area contributed by atoms with E-state index in [-0.39, 0.29) is 42.6 Å². The molecule has 5 rings (SSSR count). The van der Waals surface area contributed by atoms with Gasteiger partial charge >= 0.3 is 12.1 Å². The van der Waals surface area contributed by atoms with Crippen LogP contribution in [0, 0.1) is 28.9 Å². The van der Waals surface area contributed by atoms with Gasteiger partial charge < -0.3 is 45.4 Å². The smallest absolute Gasteiger partial charge is 0.412 e. The molecule has 0 fully saturated rings. The molecule has 3 aliphatic rings. The number of fused-ring (bicyclic) bond motifs is 3.